The van der Waals surface area contributed by atoms with Crippen molar-refractivity contribution in [3.63, 3.8) is 0 Å². The fraction of sp³-hybridized carbons (Fsp3) is 0.0294. The molecule has 0 spiro atoms. The van der Waals surface area contributed by atoms with E-state index in [1.165, 1.54) is 3.97 Å². The van der Waals surface area contributed by atoms with Crippen molar-refractivity contribution >= 4 is 47.8 Å². The molecule has 0 aliphatic rings. The highest BCUT2D eigenvalue weighted by Gasteiger charge is 2.25. The number of para-hydroxylation sites is 1. The molecule has 0 bridgehead atoms. The SMILES string of the molecule is Cc1ccc(S(=O)(=O)n2c3ccccc3c3cc(-c4nc(-c5ccccc5)nc(-c5ccccc5)n4)cc(Br)c32)cc1. The van der Waals surface area contributed by atoms with Gasteiger partial charge in [0.25, 0.3) is 10.0 Å². The minimum atomic E-state index is -3.91. The average Bonchev–Trinajstić information content (AvgIpc) is 3.38. The second kappa shape index (κ2) is 10.3. The van der Waals surface area contributed by atoms with Gasteiger partial charge in [0.15, 0.2) is 17.5 Å². The van der Waals surface area contributed by atoms with E-state index >= 15 is 0 Å². The molecule has 7 aromatic rings. The lowest BCUT2D eigenvalue weighted by Gasteiger charge is -2.12. The maximum Gasteiger partial charge on any atom is 0.268 e. The molecule has 0 aliphatic carbocycles. The fourth-order valence-corrected chi connectivity index (χ4v) is 7.44. The summed E-state index contributed by atoms with van der Waals surface area (Å²) in [5, 5.41) is 1.58. The van der Waals surface area contributed by atoms with Gasteiger partial charge in [0.1, 0.15) is 0 Å². The van der Waals surface area contributed by atoms with E-state index in [1.54, 1.807) is 12.1 Å². The predicted molar refractivity (Wildman–Crippen MR) is 171 cm³/mol. The zero-order chi connectivity index (χ0) is 28.8. The molecule has 0 amide bonds. The summed E-state index contributed by atoms with van der Waals surface area (Å²) in [6.45, 7) is 1.93. The zero-order valence-corrected chi connectivity index (χ0v) is 24.8. The fourth-order valence-electron chi connectivity index (χ4n) is 5.14. The van der Waals surface area contributed by atoms with E-state index < -0.39 is 10.0 Å². The molecule has 0 N–H and O–H groups in total. The van der Waals surface area contributed by atoms with Crippen LogP contribution in [0.2, 0.25) is 0 Å². The van der Waals surface area contributed by atoms with Gasteiger partial charge in [-0.3, -0.25) is 0 Å². The Bertz CT molecular complexity index is 2160. The van der Waals surface area contributed by atoms with E-state index in [0.717, 1.165) is 33.0 Å². The largest absolute Gasteiger partial charge is 0.268 e. The Hall–Kier alpha value is -4.66. The maximum absolute atomic E-state index is 14.1. The number of hydrogen-bond acceptors (Lipinski definition) is 5. The van der Waals surface area contributed by atoms with Crippen LogP contribution in [0.15, 0.2) is 131 Å². The molecule has 42 heavy (non-hydrogen) atoms. The maximum atomic E-state index is 14.1. The first-order valence-electron chi connectivity index (χ1n) is 13.3. The summed E-state index contributed by atoms with van der Waals surface area (Å²) >= 11 is 3.72. The molecule has 0 radical (unpaired) electrons. The highest BCUT2D eigenvalue weighted by Crippen LogP contribution is 2.39. The normalized spacial score (nSPS) is 11.8. The second-order valence-electron chi connectivity index (χ2n) is 9.99. The van der Waals surface area contributed by atoms with Gasteiger partial charge in [-0.2, -0.15) is 0 Å². The van der Waals surface area contributed by atoms with Crippen LogP contribution in [0.3, 0.4) is 0 Å². The molecule has 0 saturated heterocycles. The van der Waals surface area contributed by atoms with Crippen LogP contribution in [0.5, 0.6) is 0 Å². The first kappa shape index (κ1) is 26.3. The predicted octanol–water partition coefficient (Wildman–Crippen LogP) is 8.29. The van der Waals surface area contributed by atoms with Crippen LogP contribution in [0.25, 0.3) is 56.0 Å². The molecule has 0 unspecified atom stereocenters. The molecule has 0 aliphatic heterocycles. The Morgan fingerprint density at radius 2 is 1.12 bits per heavy atom. The van der Waals surface area contributed by atoms with Crippen molar-refractivity contribution in [2.45, 2.75) is 11.8 Å². The van der Waals surface area contributed by atoms with Crippen molar-refractivity contribution in [1.29, 1.82) is 0 Å². The number of halogens is 1. The number of hydrogen-bond donors (Lipinski definition) is 0. The standard InChI is InChI=1S/C34H23BrN4O2S/c1-22-16-18-26(19-17-22)42(40,41)39-30-15-9-8-14-27(30)28-20-25(21-29(35)31(28)39)34-37-32(23-10-4-2-5-11-23)36-33(38-34)24-12-6-3-7-13-24/h2-21H,1H3. The molecule has 0 atom stereocenters. The lowest BCUT2D eigenvalue weighted by atomic mass is 10.1. The van der Waals surface area contributed by atoms with Crippen molar-refractivity contribution in [2.24, 2.45) is 0 Å². The minimum Gasteiger partial charge on any atom is -0.232 e. The molecule has 204 valence electrons. The van der Waals surface area contributed by atoms with Crippen molar-refractivity contribution < 1.29 is 8.42 Å². The van der Waals surface area contributed by atoms with Gasteiger partial charge in [-0.25, -0.2) is 27.3 Å². The molecular weight excluding hydrogens is 608 g/mol. The molecule has 6 nitrogen and oxygen atoms in total. The summed E-state index contributed by atoms with van der Waals surface area (Å²) in [4.78, 5) is 14.8. The topological polar surface area (TPSA) is 77.7 Å². The van der Waals surface area contributed by atoms with Crippen LogP contribution in [0.1, 0.15) is 5.56 Å². The van der Waals surface area contributed by atoms with Crippen LogP contribution < -0.4 is 0 Å². The molecule has 0 fully saturated rings. The van der Waals surface area contributed by atoms with Gasteiger partial charge in [0.05, 0.1) is 15.9 Å². The molecule has 8 heteroatoms. The summed E-state index contributed by atoms with van der Waals surface area (Å²) in [5.74, 6) is 1.60. The van der Waals surface area contributed by atoms with Crippen LogP contribution >= 0.6 is 15.9 Å². The summed E-state index contributed by atoms with van der Waals surface area (Å²) < 4.78 is 30.1. The summed E-state index contributed by atoms with van der Waals surface area (Å²) in [7, 11) is -3.91. The molecule has 2 aromatic heterocycles. The van der Waals surface area contributed by atoms with E-state index in [4.69, 9.17) is 15.0 Å². The van der Waals surface area contributed by atoms with E-state index in [1.807, 2.05) is 116 Å². The van der Waals surface area contributed by atoms with Gasteiger partial charge in [-0.05, 0) is 53.2 Å². The van der Waals surface area contributed by atoms with Gasteiger partial charge in [-0.1, -0.05) is 96.6 Å². The van der Waals surface area contributed by atoms with E-state index in [9.17, 15) is 8.42 Å². The average molecular weight is 632 g/mol. The molecule has 7 rings (SSSR count). The lowest BCUT2D eigenvalue weighted by Crippen LogP contribution is -2.13. The Morgan fingerprint density at radius 1 is 0.595 bits per heavy atom. The minimum absolute atomic E-state index is 0.226. The molecular formula is C34H23BrN4O2S. The summed E-state index contributed by atoms with van der Waals surface area (Å²) in [5.41, 5.74) is 4.63. The number of fused-ring (bicyclic) bond motifs is 3. The third-order valence-electron chi connectivity index (χ3n) is 7.20. The highest BCUT2D eigenvalue weighted by molar-refractivity contribution is 9.10. The highest BCUT2D eigenvalue weighted by atomic mass is 79.9. The summed E-state index contributed by atoms with van der Waals surface area (Å²) in [6, 6.07) is 37.9. The Morgan fingerprint density at radius 3 is 1.71 bits per heavy atom. The van der Waals surface area contributed by atoms with Gasteiger partial charge >= 0.3 is 0 Å². The number of rotatable bonds is 5. The summed E-state index contributed by atoms with van der Waals surface area (Å²) in [6.07, 6.45) is 0. The van der Waals surface area contributed by atoms with E-state index in [0.29, 0.717) is 33.0 Å². The number of aromatic nitrogens is 4. The van der Waals surface area contributed by atoms with Gasteiger partial charge < -0.3 is 0 Å². The van der Waals surface area contributed by atoms with Crippen molar-refractivity contribution in [3.05, 3.63) is 131 Å². The number of aryl methyl sites for hydroxylation is 1. The molecule has 5 aromatic carbocycles. The van der Waals surface area contributed by atoms with Gasteiger partial charge in [0.2, 0.25) is 0 Å². The van der Waals surface area contributed by atoms with E-state index in [-0.39, 0.29) is 4.90 Å². The Balaban J connectivity index is 1.49. The quantitative estimate of drug-likeness (QED) is 0.191. The van der Waals surface area contributed by atoms with Crippen molar-refractivity contribution in [2.75, 3.05) is 0 Å². The Kier molecular flexibility index (Phi) is 6.45. The van der Waals surface area contributed by atoms with Crippen molar-refractivity contribution in [3.8, 4) is 34.2 Å². The first-order valence-corrected chi connectivity index (χ1v) is 15.6. The van der Waals surface area contributed by atoms with Gasteiger partial charge in [0, 0.05) is 31.9 Å². The Labute approximate surface area is 251 Å². The lowest BCUT2D eigenvalue weighted by molar-refractivity contribution is 0.590. The van der Waals surface area contributed by atoms with Gasteiger partial charge in [-0.15, -0.1) is 0 Å². The van der Waals surface area contributed by atoms with Crippen LogP contribution in [-0.4, -0.2) is 27.3 Å². The first-order chi connectivity index (χ1) is 20.4. The van der Waals surface area contributed by atoms with Crippen LogP contribution in [0.4, 0.5) is 0 Å². The van der Waals surface area contributed by atoms with Crippen LogP contribution in [0, 0.1) is 6.92 Å². The molecule has 0 saturated carbocycles. The monoisotopic (exact) mass is 630 g/mol. The van der Waals surface area contributed by atoms with Crippen molar-refractivity contribution in [1.82, 2.24) is 18.9 Å². The third kappa shape index (κ3) is 4.49. The molecule has 2 heterocycles. The van der Waals surface area contributed by atoms with Crippen LogP contribution in [-0.2, 0) is 10.0 Å². The zero-order valence-electron chi connectivity index (χ0n) is 22.4. The second-order valence-corrected chi connectivity index (χ2v) is 12.6. The third-order valence-corrected chi connectivity index (χ3v) is 9.53. The van der Waals surface area contributed by atoms with E-state index in [2.05, 4.69) is 15.9 Å². The smallest absolute Gasteiger partial charge is 0.232 e. The number of benzene rings is 5. The number of nitrogens with zero attached hydrogens (tertiary/aromatic N) is 4.